The summed E-state index contributed by atoms with van der Waals surface area (Å²) in [7, 11) is 0. The van der Waals surface area contributed by atoms with Crippen LogP contribution in [-0.2, 0) is 4.79 Å². The van der Waals surface area contributed by atoms with E-state index < -0.39 is 11.9 Å². The highest BCUT2D eigenvalue weighted by atomic mass is 16.4. The van der Waals surface area contributed by atoms with Gasteiger partial charge in [0.15, 0.2) is 11.5 Å². The number of hydrogen-bond acceptors (Lipinski definition) is 6. The Balaban J connectivity index is 1.87. The molecule has 7 heteroatoms. The Kier molecular flexibility index (Phi) is 4.09. The Bertz CT molecular complexity index is 833. The molecule has 2 unspecified atom stereocenters. The molecule has 24 heavy (non-hydrogen) atoms. The van der Waals surface area contributed by atoms with E-state index in [0.717, 1.165) is 5.56 Å². The largest absolute Gasteiger partial charge is 0.481 e. The van der Waals surface area contributed by atoms with Crippen molar-refractivity contribution in [3.8, 4) is 12.1 Å². The maximum atomic E-state index is 11.6. The number of carbonyl (C=O) groups is 1. The van der Waals surface area contributed by atoms with Gasteiger partial charge in [-0.3, -0.25) is 4.79 Å². The van der Waals surface area contributed by atoms with Gasteiger partial charge >= 0.3 is 5.97 Å². The molecule has 2 heterocycles. The van der Waals surface area contributed by atoms with E-state index in [-0.39, 0.29) is 11.6 Å². The molecule has 1 aliphatic rings. The van der Waals surface area contributed by atoms with Gasteiger partial charge in [-0.05, 0) is 29.8 Å². The van der Waals surface area contributed by atoms with E-state index in [1.165, 1.54) is 0 Å². The Morgan fingerprint density at radius 3 is 2.38 bits per heavy atom. The Labute approximate surface area is 138 Å². The van der Waals surface area contributed by atoms with E-state index >= 15 is 0 Å². The van der Waals surface area contributed by atoms with Gasteiger partial charge in [-0.1, -0.05) is 12.1 Å². The summed E-state index contributed by atoms with van der Waals surface area (Å²) in [6.07, 6.45) is 0. The molecule has 1 N–H and O–H groups in total. The Morgan fingerprint density at radius 1 is 1.08 bits per heavy atom. The average molecular weight is 319 g/mol. The lowest BCUT2D eigenvalue weighted by Gasteiger charge is -2.16. The third-order valence-electron chi connectivity index (χ3n) is 4.19. The monoisotopic (exact) mass is 319 g/mol. The van der Waals surface area contributed by atoms with Crippen molar-refractivity contribution in [2.75, 3.05) is 18.0 Å². The first-order valence-electron chi connectivity index (χ1n) is 7.34. The van der Waals surface area contributed by atoms with Gasteiger partial charge in [0, 0.05) is 19.0 Å². The van der Waals surface area contributed by atoms with Crippen LogP contribution in [0.25, 0.3) is 0 Å². The zero-order chi connectivity index (χ0) is 17.1. The van der Waals surface area contributed by atoms with Crippen molar-refractivity contribution < 1.29 is 9.90 Å². The fourth-order valence-electron chi connectivity index (χ4n) is 2.94. The fourth-order valence-corrected chi connectivity index (χ4v) is 2.94. The van der Waals surface area contributed by atoms with Crippen molar-refractivity contribution in [2.24, 2.45) is 5.92 Å². The third-order valence-corrected chi connectivity index (χ3v) is 4.19. The number of benzene rings is 1. The first-order valence-corrected chi connectivity index (χ1v) is 7.34. The summed E-state index contributed by atoms with van der Waals surface area (Å²) in [6, 6.07) is 14.2. The molecule has 2 atom stereocenters. The van der Waals surface area contributed by atoms with E-state index in [2.05, 4.69) is 16.3 Å². The van der Waals surface area contributed by atoms with E-state index in [1.54, 1.807) is 36.4 Å². The normalized spacial score (nSPS) is 19.5. The number of carboxylic acid groups (broad SMARTS) is 1. The summed E-state index contributed by atoms with van der Waals surface area (Å²) >= 11 is 0. The molecule has 0 saturated carbocycles. The maximum Gasteiger partial charge on any atom is 0.308 e. The number of anilines is 1. The van der Waals surface area contributed by atoms with Crippen LogP contribution in [0.2, 0.25) is 0 Å². The van der Waals surface area contributed by atoms with Crippen molar-refractivity contribution >= 4 is 11.8 Å². The standard InChI is InChI=1S/C17H13N5O2/c18-7-11-1-3-12(4-2-11)14-9-22(10-15(14)17(23)24)16-6-5-13(8-19)20-21-16/h1-6,14-15H,9-10H2,(H,23,24). The summed E-state index contributed by atoms with van der Waals surface area (Å²) in [5.41, 5.74) is 1.64. The van der Waals surface area contributed by atoms with Crippen LogP contribution in [0.4, 0.5) is 5.82 Å². The molecule has 2 aromatic rings. The summed E-state index contributed by atoms with van der Waals surface area (Å²) in [6.45, 7) is 0.810. The molecular formula is C17H13N5O2. The van der Waals surface area contributed by atoms with Crippen LogP contribution in [0, 0.1) is 28.6 Å². The van der Waals surface area contributed by atoms with Crippen LogP contribution in [0.5, 0.6) is 0 Å². The smallest absolute Gasteiger partial charge is 0.308 e. The summed E-state index contributed by atoms with van der Waals surface area (Å²) < 4.78 is 0. The van der Waals surface area contributed by atoms with E-state index in [9.17, 15) is 9.90 Å². The molecule has 3 rings (SSSR count). The number of aromatic nitrogens is 2. The minimum absolute atomic E-state index is 0.201. The summed E-state index contributed by atoms with van der Waals surface area (Å²) in [4.78, 5) is 13.5. The van der Waals surface area contributed by atoms with Crippen LogP contribution >= 0.6 is 0 Å². The van der Waals surface area contributed by atoms with Crippen molar-refractivity contribution in [3.63, 3.8) is 0 Å². The molecule has 0 bridgehead atoms. The zero-order valence-corrected chi connectivity index (χ0v) is 12.6. The zero-order valence-electron chi connectivity index (χ0n) is 12.6. The van der Waals surface area contributed by atoms with Gasteiger partial charge in [0.2, 0.25) is 0 Å². The van der Waals surface area contributed by atoms with Crippen molar-refractivity contribution in [1.29, 1.82) is 10.5 Å². The van der Waals surface area contributed by atoms with Crippen molar-refractivity contribution in [1.82, 2.24) is 10.2 Å². The predicted molar refractivity (Wildman–Crippen MR) is 84.0 cm³/mol. The molecule has 0 radical (unpaired) electrons. The van der Waals surface area contributed by atoms with Gasteiger partial charge in [-0.25, -0.2) is 0 Å². The molecule has 1 aliphatic heterocycles. The van der Waals surface area contributed by atoms with E-state index in [1.807, 2.05) is 11.0 Å². The van der Waals surface area contributed by atoms with Gasteiger partial charge in [0.05, 0.1) is 17.6 Å². The van der Waals surface area contributed by atoms with Crippen LogP contribution in [0.3, 0.4) is 0 Å². The maximum absolute atomic E-state index is 11.6. The molecule has 1 aromatic heterocycles. The minimum Gasteiger partial charge on any atom is -0.481 e. The lowest BCUT2D eigenvalue weighted by molar-refractivity contribution is -0.141. The second-order valence-electron chi connectivity index (χ2n) is 5.58. The van der Waals surface area contributed by atoms with Crippen molar-refractivity contribution in [3.05, 3.63) is 53.2 Å². The van der Waals surface area contributed by atoms with Crippen LogP contribution in [0.15, 0.2) is 36.4 Å². The quantitative estimate of drug-likeness (QED) is 0.912. The molecule has 0 spiro atoms. The fraction of sp³-hybridized carbons (Fsp3) is 0.235. The third kappa shape index (κ3) is 2.88. The lowest BCUT2D eigenvalue weighted by Crippen LogP contribution is -2.24. The van der Waals surface area contributed by atoms with Gasteiger partial charge in [-0.2, -0.15) is 10.5 Å². The number of nitrogens with zero attached hydrogens (tertiary/aromatic N) is 5. The van der Waals surface area contributed by atoms with Crippen LogP contribution in [-0.4, -0.2) is 34.4 Å². The number of hydrogen-bond donors (Lipinski definition) is 1. The molecule has 7 nitrogen and oxygen atoms in total. The Morgan fingerprint density at radius 2 is 1.83 bits per heavy atom. The summed E-state index contributed by atoms with van der Waals surface area (Å²) in [5, 5.41) is 35.0. The summed E-state index contributed by atoms with van der Waals surface area (Å²) in [5.74, 6) is -1.09. The predicted octanol–water partition coefficient (Wildman–Crippen LogP) is 1.52. The molecule has 0 aliphatic carbocycles. The molecule has 1 aromatic carbocycles. The van der Waals surface area contributed by atoms with Gasteiger partial charge in [0.1, 0.15) is 6.07 Å². The minimum atomic E-state index is -0.867. The van der Waals surface area contributed by atoms with Crippen LogP contribution in [0.1, 0.15) is 22.7 Å². The Hall–Kier alpha value is -3.45. The van der Waals surface area contributed by atoms with Gasteiger partial charge < -0.3 is 10.0 Å². The highest BCUT2D eigenvalue weighted by Crippen LogP contribution is 2.35. The number of rotatable bonds is 3. The van der Waals surface area contributed by atoms with Gasteiger partial charge in [-0.15, -0.1) is 10.2 Å². The number of aliphatic carboxylic acids is 1. The van der Waals surface area contributed by atoms with E-state index in [0.29, 0.717) is 24.5 Å². The highest BCUT2D eigenvalue weighted by molar-refractivity contribution is 5.74. The lowest BCUT2D eigenvalue weighted by atomic mass is 9.89. The second kappa shape index (κ2) is 6.35. The molecule has 1 fully saturated rings. The highest BCUT2D eigenvalue weighted by Gasteiger charge is 2.39. The van der Waals surface area contributed by atoms with Crippen LogP contribution < -0.4 is 4.90 Å². The molecular weight excluding hydrogens is 306 g/mol. The topological polar surface area (TPSA) is 114 Å². The SMILES string of the molecule is N#Cc1ccc(C2CN(c3ccc(C#N)nn3)CC2C(=O)O)cc1. The molecule has 0 amide bonds. The first kappa shape index (κ1) is 15.4. The first-order chi connectivity index (χ1) is 11.6. The molecule has 118 valence electrons. The second-order valence-corrected chi connectivity index (χ2v) is 5.58. The molecule has 1 saturated heterocycles. The van der Waals surface area contributed by atoms with E-state index in [4.69, 9.17) is 10.5 Å². The van der Waals surface area contributed by atoms with Gasteiger partial charge in [0.25, 0.3) is 0 Å². The average Bonchev–Trinajstić information content (AvgIpc) is 3.07. The number of carboxylic acids is 1. The van der Waals surface area contributed by atoms with Crippen molar-refractivity contribution in [2.45, 2.75) is 5.92 Å². The number of nitriles is 2.